The van der Waals surface area contributed by atoms with Gasteiger partial charge in [0.1, 0.15) is 6.54 Å². The van der Waals surface area contributed by atoms with Gasteiger partial charge in [-0.3, -0.25) is 4.79 Å². The molecule has 6 nitrogen and oxygen atoms in total. The molecule has 0 atom stereocenters. The first-order chi connectivity index (χ1) is 9.10. The van der Waals surface area contributed by atoms with Crippen molar-refractivity contribution in [3.63, 3.8) is 0 Å². The summed E-state index contributed by atoms with van der Waals surface area (Å²) >= 11 is 0. The molecule has 0 radical (unpaired) electrons. The molecule has 19 heavy (non-hydrogen) atoms. The Morgan fingerprint density at radius 1 is 1.53 bits per heavy atom. The summed E-state index contributed by atoms with van der Waals surface area (Å²) in [5, 5.41) is 11.2. The lowest BCUT2D eigenvalue weighted by Crippen LogP contribution is -2.43. The fourth-order valence-corrected chi connectivity index (χ4v) is 1.92. The summed E-state index contributed by atoms with van der Waals surface area (Å²) in [6.45, 7) is 2.14. The van der Waals surface area contributed by atoms with Crippen molar-refractivity contribution in [2.24, 2.45) is 0 Å². The Hall–Kier alpha value is -2.08. The third kappa shape index (κ3) is 3.23. The number of aryl methyl sites for hydroxylation is 1. The van der Waals surface area contributed by atoms with Crippen LogP contribution in [0.3, 0.4) is 0 Å². The van der Waals surface area contributed by atoms with E-state index in [0.717, 1.165) is 11.3 Å². The molecule has 1 aliphatic heterocycles. The van der Waals surface area contributed by atoms with Gasteiger partial charge in [-0.05, 0) is 24.6 Å². The molecule has 1 heterocycles. The van der Waals surface area contributed by atoms with Crippen LogP contribution in [0.1, 0.15) is 5.56 Å². The lowest BCUT2D eigenvalue weighted by Gasteiger charge is -2.29. The molecule has 2 N–H and O–H groups in total. The minimum absolute atomic E-state index is 0.0446. The highest BCUT2D eigenvalue weighted by molar-refractivity contribution is 5.89. The molecular formula is C13H16N2O4. The van der Waals surface area contributed by atoms with Crippen LogP contribution in [-0.4, -0.2) is 43.2 Å². The number of esters is 1. The molecule has 102 valence electrons. The maximum Gasteiger partial charge on any atom is 0.331 e. The molecule has 0 unspecified atom stereocenters. The molecule has 1 aromatic rings. The Morgan fingerprint density at radius 2 is 2.32 bits per heavy atom. The van der Waals surface area contributed by atoms with Crippen molar-refractivity contribution in [3.8, 4) is 5.75 Å². The zero-order valence-electron chi connectivity index (χ0n) is 10.7. The van der Waals surface area contributed by atoms with Crippen molar-refractivity contribution in [2.45, 2.75) is 6.92 Å². The number of carbonyl (C=O) groups excluding carboxylic acids is 2. The Bertz CT molecular complexity index is 501. The highest BCUT2D eigenvalue weighted by atomic mass is 16.5. The van der Waals surface area contributed by atoms with E-state index in [2.05, 4.69) is 5.32 Å². The summed E-state index contributed by atoms with van der Waals surface area (Å²) in [4.78, 5) is 24.8. The number of hydrogen-bond donors (Lipinski definition) is 2. The lowest BCUT2D eigenvalue weighted by atomic mass is 10.1. The SMILES string of the molecule is Cc1ccc2c(c1)N(CC(=O)NCCO)CC(=O)O2. The molecule has 0 aliphatic carbocycles. The molecule has 0 saturated heterocycles. The topological polar surface area (TPSA) is 78.9 Å². The van der Waals surface area contributed by atoms with Gasteiger partial charge in [-0.2, -0.15) is 0 Å². The fraction of sp³-hybridized carbons (Fsp3) is 0.385. The van der Waals surface area contributed by atoms with Crippen LogP contribution in [0.5, 0.6) is 5.75 Å². The molecule has 1 amide bonds. The smallest absolute Gasteiger partial charge is 0.331 e. The van der Waals surface area contributed by atoms with E-state index in [-0.39, 0.29) is 38.1 Å². The average molecular weight is 264 g/mol. The van der Waals surface area contributed by atoms with Gasteiger partial charge in [0, 0.05) is 6.54 Å². The number of aliphatic hydroxyl groups is 1. The molecular weight excluding hydrogens is 248 g/mol. The van der Waals surface area contributed by atoms with E-state index in [4.69, 9.17) is 9.84 Å². The maximum absolute atomic E-state index is 11.7. The maximum atomic E-state index is 11.7. The largest absolute Gasteiger partial charge is 0.423 e. The number of amides is 1. The number of aliphatic hydroxyl groups excluding tert-OH is 1. The van der Waals surface area contributed by atoms with Crippen molar-refractivity contribution >= 4 is 17.6 Å². The van der Waals surface area contributed by atoms with Crippen LogP contribution >= 0.6 is 0 Å². The number of anilines is 1. The molecule has 0 fully saturated rings. The summed E-state index contributed by atoms with van der Waals surface area (Å²) in [5.41, 5.74) is 1.76. The van der Waals surface area contributed by atoms with Gasteiger partial charge in [0.05, 0.1) is 18.8 Å². The summed E-state index contributed by atoms with van der Waals surface area (Å²) in [6.07, 6.45) is 0. The minimum Gasteiger partial charge on any atom is -0.423 e. The predicted octanol–water partition coefficient (Wildman–Crippen LogP) is -0.171. The predicted molar refractivity (Wildman–Crippen MR) is 69.1 cm³/mol. The first-order valence-corrected chi connectivity index (χ1v) is 6.04. The normalized spacial score (nSPS) is 13.8. The number of nitrogens with zero attached hydrogens (tertiary/aromatic N) is 1. The van der Waals surface area contributed by atoms with E-state index in [1.807, 2.05) is 19.1 Å². The number of hydrogen-bond acceptors (Lipinski definition) is 5. The van der Waals surface area contributed by atoms with E-state index < -0.39 is 0 Å². The highest BCUT2D eigenvalue weighted by Gasteiger charge is 2.25. The monoisotopic (exact) mass is 264 g/mol. The molecule has 0 spiro atoms. The first kappa shape index (κ1) is 13.4. The van der Waals surface area contributed by atoms with Crippen LogP contribution in [0.25, 0.3) is 0 Å². The fourth-order valence-electron chi connectivity index (χ4n) is 1.92. The van der Waals surface area contributed by atoms with Gasteiger partial charge in [0.15, 0.2) is 5.75 Å². The molecule has 0 bridgehead atoms. The lowest BCUT2D eigenvalue weighted by molar-refractivity contribution is -0.133. The quantitative estimate of drug-likeness (QED) is 0.583. The van der Waals surface area contributed by atoms with Crippen molar-refractivity contribution < 1.29 is 19.4 Å². The van der Waals surface area contributed by atoms with Crippen molar-refractivity contribution in [3.05, 3.63) is 23.8 Å². The van der Waals surface area contributed by atoms with Gasteiger partial charge in [-0.15, -0.1) is 0 Å². The first-order valence-electron chi connectivity index (χ1n) is 6.04. The van der Waals surface area contributed by atoms with Gasteiger partial charge >= 0.3 is 5.97 Å². The second kappa shape index (κ2) is 5.71. The number of rotatable bonds is 4. The van der Waals surface area contributed by atoms with Crippen LogP contribution in [0.4, 0.5) is 5.69 Å². The average Bonchev–Trinajstić information content (AvgIpc) is 2.37. The second-order valence-electron chi connectivity index (χ2n) is 4.37. The van der Waals surface area contributed by atoms with E-state index in [0.29, 0.717) is 5.75 Å². The minimum atomic E-state index is -0.383. The van der Waals surface area contributed by atoms with Crippen LogP contribution in [0.15, 0.2) is 18.2 Å². The summed E-state index contributed by atoms with van der Waals surface area (Å²) in [7, 11) is 0. The van der Waals surface area contributed by atoms with Crippen molar-refractivity contribution in [1.29, 1.82) is 0 Å². The van der Waals surface area contributed by atoms with Gasteiger partial charge in [-0.1, -0.05) is 6.07 Å². The standard InChI is InChI=1S/C13H16N2O4/c1-9-2-3-11-10(6-9)15(8-13(18)19-11)7-12(17)14-4-5-16/h2-3,6,16H,4-5,7-8H2,1H3,(H,14,17). The van der Waals surface area contributed by atoms with Crippen LogP contribution in [-0.2, 0) is 9.59 Å². The van der Waals surface area contributed by atoms with Crippen LogP contribution < -0.4 is 15.0 Å². The number of fused-ring (bicyclic) bond motifs is 1. The molecule has 0 saturated carbocycles. The third-order valence-corrected chi connectivity index (χ3v) is 2.77. The number of ether oxygens (including phenoxy) is 1. The van der Waals surface area contributed by atoms with Crippen LogP contribution in [0.2, 0.25) is 0 Å². The Balaban J connectivity index is 2.15. The molecule has 2 rings (SSSR count). The van der Waals surface area contributed by atoms with Gasteiger partial charge < -0.3 is 20.1 Å². The number of carbonyl (C=O) groups is 2. The van der Waals surface area contributed by atoms with E-state index >= 15 is 0 Å². The Morgan fingerprint density at radius 3 is 3.05 bits per heavy atom. The van der Waals surface area contributed by atoms with Crippen molar-refractivity contribution in [2.75, 3.05) is 31.1 Å². The van der Waals surface area contributed by atoms with Gasteiger partial charge in [0.25, 0.3) is 0 Å². The molecule has 0 aromatic heterocycles. The van der Waals surface area contributed by atoms with E-state index in [1.165, 1.54) is 0 Å². The zero-order chi connectivity index (χ0) is 13.8. The van der Waals surface area contributed by atoms with E-state index in [1.54, 1.807) is 11.0 Å². The third-order valence-electron chi connectivity index (χ3n) is 2.77. The molecule has 6 heteroatoms. The van der Waals surface area contributed by atoms with Gasteiger partial charge in [-0.25, -0.2) is 4.79 Å². The summed E-state index contributed by atoms with van der Waals surface area (Å²) in [5.74, 6) is -0.153. The van der Waals surface area contributed by atoms with Gasteiger partial charge in [0.2, 0.25) is 5.91 Å². The highest BCUT2D eigenvalue weighted by Crippen LogP contribution is 2.32. The summed E-state index contributed by atoms with van der Waals surface area (Å²) in [6, 6.07) is 5.45. The molecule has 1 aromatic carbocycles. The number of benzene rings is 1. The Kier molecular flexibility index (Phi) is 4.01. The Labute approximate surface area is 111 Å². The second-order valence-corrected chi connectivity index (χ2v) is 4.37. The molecule has 1 aliphatic rings. The van der Waals surface area contributed by atoms with E-state index in [9.17, 15) is 9.59 Å². The van der Waals surface area contributed by atoms with Crippen molar-refractivity contribution in [1.82, 2.24) is 5.32 Å². The zero-order valence-corrected chi connectivity index (χ0v) is 10.7. The van der Waals surface area contributed by atoms with Crippen LogP contribution in [0, 0.1) is 6.92 Å². The summed E-state index contributed by atoms with van der Waals surface area (Å²) < 4.78 is 5.13. The number of nitrogens with one attached hydrogen (secondary N) is 1.